The summed E-state index contributed by atoms with van der Waals surface area (Å²) < 4.78 is 0. The standard InChI is InChI=1S/C26H38N10O16/c1-12(37)27-4-15(38)28-5-16(39)29-6-17(40)30-7-18(41)31-8-19(42)32-9-20(43)33-10-21(44)34-11-22(45)35-13(2-23(46)47)25(50)36-14(26(51)52)3-24(48)49/h13-14H,2-11H2,1H3,(H,27,37)(H,28,38)(H,29,39)(H,30,40)(H,31,41)(H,32,42)(H,33,43)(H,34,44)(H,35,45)(H,36,50)(H,46,47)(H,48,49)(H,51,52)/t13-,14-/m0/s1. The maximum Gasteiger partial charge on any atom is 0.326 e. The number of carbonyl (C=O) groups is 13. The van der Waals surface area contributed by atoms with E-state index >= 15 is 0 Å². The number of aliphatic carboxylic acids is 3. The smallest absolute Gasteiger partial charge is 0.326 e. The molecule has 2 atom stereocenters. The van der Waals surface area contributed by atoms with E-state index in [2.05, 4.69) is 37.2 Å². The number of carboxylic acid groups (broad SMARTS) is 3. The fourth-order valence-corrected chi connectivity index (χ4v) is 3.17. The molecule has 0 radical (unpaired) electrons. The van der Waals surface area contributed by atoms with Crippen molar-refractivity contribution in [3.8, 4) is 0 Å². The van der Waals surface area contributed by atoms with Gasteiger partial charge in [-0.1, -0.05) is 0 Å². The third-order valence-corrected chi connectivity index (χ3v) is 5.64. The van der Waals surface area contributed by atoms with Gasteiger partial charge in [-0.05, 0) is 0 Å². The highest BCUT2D eigenvalue weighted by atomic mass is 16.4. The molecule has 0 heterocycles. The Morgan fingerprint density at radius 1 is 0.385 bits per heavy atom. The molecule has 0 saturated heterocycles. The second kappa shape index (κ2) is 24.3. The van der Waals surface area contributed by atoms with Crippen LogP contribution in [0.25, 0.3) is 0 Å². The van der Waals surface area contributed by atoms with Gasteiger partial charge in [-0.2, -0.15) is 0 Å². The van der Waals surface area contributed by atoms with Gasteiger partial charge in [-0.25, -0.2) is 4.79 Å². The van der Waals surface area contributed by atoms with Crippen LogP contribution in [0.2, 0.25) is 0 Å². The Balaban J connectivity index is 4.36. The van der Waals surface area contributed by atoms with E-state index in [0.29, 0.717) is 0 Å². The first kappa shape index (κ1) is 45.1. The van der Waals surface area contributed by atoms with Gasteiger partial charge in [0, 0.05) is 6.92 Å². The molecule has 288 valence electrons. The summed E-state index contributed by atoms with van der Waals surface area (Å²) in [5.74, 6) is -13.4. The van der Waals surface area contributed by atoms with Crippen molar-refractivity contribution in [3.05, 3.63) is 0 Å². The molecule has 0 aromatic heterocycles. The fraction of sp³-hybridized carbons (Fsp3) is 0.500. The Hall–Kier alpha value is -6.89. The zero-order valence-electron chi connectivity index (χ0n) is 27.4. The number of amides is 10. The molecule has 0 aromatic carbocycles. The van der Waals surface area contributed by atoms with E-state index in [-0.39, 0.29) is 6.54 Å². The van der Waals surface area contributed by atoms with Crippen LogP contribution in [0.1, 0.15) is 19.8 Å². The molecule has 52 heavy (non-hydrogen) atoms. The maximum absolute atomic E-state index is 12.3. The van der Waals surface area contributed by atoms with Crippen LogP contribution in [0.15, 0.2) is 0 Å². The Labute approximate surface area is 292 Å². The summed E-state index contributed by atoms with van der Waals surface area (Å²) in [6.45, 7) is -3.58. The average Bonchev–Trinajstić information content (AvgIpc) is 3.06. The quantitative estimate of drug-likeness (QED) is 0.0436. The van der Waals surface area contributed by atoms with Crippen molar-refractivity contribution in [2.24, 2.45) is 0 Å². The molecule has 0 aromatic rings. The molecular weight excluding hydrogens is 708 g/mol. The van der Waals surface area contributed by atoms with Crippen molar-refractivity contribution in [3.63, 3.8) is 0 Å². The Bertz CT molecular complexity index is 1420. The molecule has 10 amide bonds. The first-order valence-corrected chi connectivity index (χ1v) is 14.7. The molecule has 0 aliphatic carbocycles. The van der Waals surface area contributed by atoms with E-state index in [0.717, 1.165) is 0 Å². The third kappa shape index (κ3) is 23.4. The minimum Gasteiger partial charge on any atom is -0.481 e. The van der Waals surface area contributed by atoms with Crippen molar-refractivity contribution >= 4 is 77.0 Å². The highest BCUT2D eigenvalue weighted by molar-refractivity contribution is 5.96. The zero-order valence-corrected chi connectivity index (χ0v) is 27.4. The molecule has 26 nitrogen and oxygen atoms in total. The molecule has 0 aliphatic heterocycles. The highest BCUT2D eigenvalue weighted by Gasteiger charge is 2.29. The van der Waals surface area contributed by atoms with Crippen LogP contribution in [0.3, 0.4) is 0 Å². The van der Waals surface area contributed by atoms with Crippen molar-refractivity contribution in [1.29, 1.82) is 0 Å². The SMILES string of the molecule is CC(=O)NCC(=O)NCC(=O)NCC(=O)NCC(=O)NCC(=O)NCC(=O)NCC(=O)NCC(=O)N[C@@H](CC(=O)O)C(=O)N[C@@H](CC(=O)O)C(=O)O. The lowest BCUT2D eigenvalue weighted by molar-refractivity contribution is -0.148. The van der Waals surface area contributed by atoms with E-state index < -0.39 is 148 Å². The van der Waals surface area contributed by atoms with E-state index in [9.17, 15) is 62.3 Å². The largest absolute Gasteiger partial charge is 0.481 e. The zero-order chi connectivity index (χ0) is 39.8. The molecule has 26 heteroatoms. The fourth-order valence-electron chi connectivity index (χ4n) is 3.17. The van der Waals surface area contributed by atoms with Crippen LogP contribution >= 0.6 is 0 Å². The lowest BCUT2D eigenvalue weighted by Gasteiger charge is -2.19. The molecule has 0 unspecified atom stereocenters. The minimum atomic E-state index is -1.93. The molecule has 0 bridgehead atoms. The predicted molar refractivity (Wildman–Crippen MR) is 166 cm³/mol. The van der Waals surface area contributed by atoms with Gasteiger partial charge in [-0.3, -0.25) is 57.5 Å². The van der Waals surface area contributed by atoms with Gasteiger partial charge in [0.15, 0.2) is 0 Å². The van der Waals surface area contributed by atoms with Gasteiger partial charge >= 0.3 is 17.9 Å². The van der Waals surface area contributed by atoms with Crippen LogP contribution in [-0.4, -0.2) is 157 Å². The molecule has 13 N–H and O–H groups in total. The molecule has 0 fully saturated rings. The molecule has 0 spiro atoms. The number of carboxylic acids is 3. The minimum absolute atomic E-state index is 0.345. The van der Waals surface area contributed by atoms with E-state index in [1.54, 1.807) is 5.32 Å². The molecule has 0 aliphatic rings. The maximum atomic E-state index is 12.3. The van der Waals surface area contributed by atoms with Crippen LogP contribution in [0.5, 0.6) is 0 Å². The topological polar surface area (TPSA) is 403 Å². The average molecular weight is 747 g/mol. The van der Waals surface area contributed by atoms with Gasteiger partial charge < -0.3 is 68.5 Å². The van der Waals surface area contributed by atoms with Gasteiger partial charge in [0.05, 0.1) is 65.2 Å². The van der Waals surface area contributed by atoms with Crippen LogP contribution in [0, 0.1) is 0 Å². The van der Waals surface area contributed by atoms with Crippen LogP contribution < -0.4 is 53.2 Å². The molecule has 0 saturated carbocycles. The van der Waals surface area contributed by atoms with Crippen molar-refractivity contribution in [1.82, 2.24) is 53.2 Å². The number of rotatable bonds is 24. The van der Waals surface area contributed by atoms with E-state index in [1.807, 2.05) is 10.6 Å². The summed E-state index contributed by atoms with van der Waals surface area (Å²) in [6, 6.07) is -3.78. The lowest BCUT2D eigenvalue weighted by atomic mass is 10.1. The molecule has 0 rings (SSSR count). The van der Waals surface area contributed by atoms with Crippen molar-refractivity contribution in [2.45, 2.75) is 31.8 Å². The highest BCUT2D eigenvalue weighted by Crippen LogP contribution is 1.98. The monoisotopic (exact) mass is 746 g/mol. The molecular formula is C26H38N10O16. The third-order valence-electron chi connectivity index (χ3n) is 5.64. The van der Waals surface area contributed by atoms with Gasteiger partial charge in [-0.15, -0.1) is 0 Å². The normalized spacial score (nSPS) is 11.1. The summed E-state index contributed by atoms with van der Waals surface area (Å²) in [7, 11) is 0. The second-order valence-electron chi connectivity index (χ2n) is 10.1. The van der Waals surface area contributed by atoms with Crippen LogP contribution in [0.4, 0.5) is 0 Å². The van der Waals surface area contributed by atoms with Gasteiger partial charge in [0.2, 0.25) is 59.1 Å². The van der Waals surface area contributed by atoms with E-state index in [1.165, 1.54) is 6.92 Å². The second-order valence-corrected chi connectivity index (χ2v) is 10.1. The summed E-state index contributed by atoms with van der Waals surface area (Å²) >= 11 is 0. The first-order valence-electron chi connectivity index (χ1n) is 14.7. The van der Waals surface area contributed by atoms with E-state index in [4.69, 9.17) is 15.3 Å². The summed E-state index contributed by atoms with van der Waals surface area (Å²) in [5.41, 5.74) is 0. The van der Waals surface area contributed by atoms with Crippen LogP contribution in [-0.2, 0) is 62.3 Å². The van der Waals surface area contributed by atoms with Crippen molar-refractivity contribution < 1.29 is 77.6 Å². The first-order chi connectivity index (χ1) is 24.3. The number of hydrogen-bond donors (Lipinski definition) is 13. The predicted octanol–water partition coefficient (Wildman–Crippen LogP) is -9.06. The Kier molecular flexibility index (Phi) is 21.1. The lowest BCUT2D eigenvalue weighted by Crippen LogP contribution is -2.54. The Morgan fingerprint density at radius 3 is 0.923 bits per heavy atom. The summed E-state index contributed by atoms with van der Waals surface area (Å²) in [5, 5.41) is 47.6. The van der Waals surface area contributed by atoms with Gasteiger partial charge in [0.1, 0.15) is 12.1 Å². The number of carbonyl (C=O) groups excluding carboxylic acids is 10. The number of nitrogens with one attached hydrogen (secondary N) is 10. The Morgan fingerprint density at radius 2 is 0.654 bits per heavy atom. The summed E-state index contributed by atoms with van der Waals surface area (Å²) in [6.07, 6.45) is -2.07. The van der Waals surface area contributed by atoms with Crippen molar-refractivity contribution in [2.75, 3.05) is 52.4 Å². The number of hydrogen-bond acceptors (Lipinski definition) is 13. The summed E-state index contributed by atoms with van der Waals surface area (Å²) in [4.78, 5) is 151. The van der Waals surface area contributed by atoms with Gasteiger partial charge in [0.25, 0.3) is 0 Å².